The Kier molecular flexibility index (Phi) is 6.64. The molecule has 0 aromatic carbocycles. The lowest BCUT2D eigenvalue weighted by molar-refractivity contribution is -0.125. The third-order valence-corrected chi connectivity index (χ3v) is 3.62. The number of carbonyl (C=O) groups excluding carboxylic acids is 1. The summed E-state index contributed by atoms with van der Waals surface area (Å²) in [4.78, 5) is 12.8. The highest BCUT2D eigenvalue weighted by Crippen LogP contribution is 2.15. The fourth-order valence-corrected chi connectivity index (χ4v) is 2.00. The molecule has 1 heterocycles. The SMILES string of the molecule is Cc1ccsc1CNC(=O)C(C)C(C)N.Cl. The molecule has 0 bridgehead atoms. The van der Waals surface area contributed by atoms with E-state index in [2.05, 4.69) is 11.4 Å². The molecule has 3 N–H and O–H groups in total. The Hall–Kier alpha value is -0.580. The van der Waals surface area contributed by atoms with Gasteiger partial charge >= 0.3 is 0 Å². The zero-order valence-corrected chi connectivity index (χ0v) is 11.5. The van der Waals surface area contributed by atoms with Crippen LogP contribution in [0, 0.1) is 12.8 Å². The number of thiophene rings is 1. The smallest absolute Gasteiger partial charge is 0.224 e. The number of hydrogen-bond acceptors (Lipinski definition) is 3. The molecular weight excluding hydrogens is 244 g/mol. The monoisotopic (exact) mass is 262 g/mol. The second-order valence-corrected chi connectivity index (χ2v) is 4.89. The molecule has 92 valence electrons. The predicted molar refractivity (Wildman–Crippen MR) is 71.0 cm³/mol. The van der Waals surface area contributed by atoms with Crippen LogP contribution in [0.2, 0.25) is 0 Å². The lowest BCUT2D eigenvalue weighted by atomic mass is 10.0. The van der Waals surface area contributed by atoms with E-state index in [-0.39, 0.29) is 30.3 Å². The molecular formula is C11H19ClN2OS. The molecule has 0 aliphatic carbocycles. The van der Waals surface area contributed by atoms with Gasteiger partial charge in [0.2, 0.25) is 5.91 Å². The maximum absolute atomic E-state index is 11.6. The van der Waals surface area contributed by atoms with Crippen molar-refractivity contribution in [2.24, 2.45) is 11.7 Å². The van der Waals surface area contributed by atoms with Crippen LogP contribution in [0.25, 0.3) is 0 Å². The topological polar surface area (TPSA) is 55.1 Å². The van der Waals surface area contributed by atoms with Crippen molar-refractivity contribution in [2.75, 3.05) is 0 Å². The van der Waals surface area contributed by atoms with Crippen molar-refractivity contribution >= 4 is 29.7 Å². The zero-order chi connectivity index (χ0) is 11.4. The number of carbonyl (C=O) groups is 1. The average molecular weight is 263 g/mol. The molecule has 1 aromatic heterocycles. The van der Waals surface area contributed by atoms with Gasteiger partial charge < -0.3 is 11.1 Å². The lowest BCUT2D eigenvalue weighted by Crippen LogP contribution is -2.38. The molecule has 0 saturated carbocycles. The number of halogens is 1. The molecule has 2 atom stereocenters. The van der Waals surface area contributed by atoms with Crippen LogP contribution < -0.4 is 11.1 Å². The quantitative estimate of drug-likeness (QED) is 0.873. The summed E-state index contributed by atoms with van der Waals surface area (Å²) in [6, 6.07) is 1.95. The Balaban J connectivity index is 0.00000225. The number of amides is 1. The van der Waals surface area contributed by atoms with E-state index in [4.69, 9.17) is 5.73 Å². The minimum atomic E-state index is -0.134. The van der Waals surface area contributed by atoms with Crippen molar-refractivity contribution in [3.05, 3.63) is 21.9 Å². The summed E-state index contributed by atoms with van der Waals surface area (Å²) in [6.07, 6.45) is 0. The Morgan fingerprint density at radius 2 is 2.19 bits per heavy atom. The molecule has 0 aliphatic rings. The molecule has 1 rings (SSSR count). The first-order valence-corrected chi connectivity index (χ1v) is 5.96. The van der Waals surface area contributed by atoms with Crippen molar-refractivity contribution in [2.45, 2.75) is 33.4 Å². The number of aryl methyl sites for hydroxylation is 1. The van der Waals surface area contributed by atoms with Crippen LogP contribution in [0.1, 0.15) is 24.3 Å². The van der Waals surface area contributed by atoms with Crippen LogP contribution in [-0.4, -0.2) is 11.9 Å². The summed E-state index contributed by atoms with van der Waals surface area (Å²) < 4.78 is 0. The van der Waals surface area contributed by atoms with Crippen LogP contribution in [-0.2, 0) is 11.3 Å². The summed E-state index contributed by atoms with van der Waals surface area (Å²) in [5, 5.41) is 4.93. The lowest BCUT2D eigenvalue weighted by Gasteiger charge is -2.15. The van der Waals surface area contributed by atoms with Gasteiger partial charge in [0.25, 0.3) is 0 Å². The van der Waals surface area contributed by atoms with Gasteiger partial charge in [0.15, 0.2) is 0 Å². The Bertz CT molecular complexity index is 338. The summed E-state index contributed by atoms with van der Waals surface area (Å²) in [5.41, 5.74) is 6.89. The molecule has 0 spiro atoms. The predicted octanol–water partition coefficient (Wildman–Crippen LogP) is 2.08. The standard InChI is InChI=1S/C11H18N2OS.ClH/c1-7-4-5-15-10(7)6-13-11(14)8(2)9(3)12;/h4-5,8-9H,6,12H2,1-3H3,(H,13,14);1H. The minimum Gasteiger partial charge on any atom is -0.351 e. The molecule has 0 fully saturated rings. The van der Waals surface area contributed by atoms with E-state index >= 15 is 0 Å². The molecule has 2 unspecified atom stereocenters. The molecule has 5 heteroatoms. The van der Waals surface area contributed by atoms with Gasteiger partial charge in [0.1, 0.15) is 0 Å². The van der Waals surface area contributed by atoms with E-state index in [9.17, 15) is 4.79 Å². The number of nitrogens with two attached hydrogens (primary N) is 1. The van der Waals surface area contributed by atoms with E-state index in [1.54, 1.807) is 11.3 Å². The molecule has 1 amide bonds. The fraction of sp³-hybridized carbons (Fsp3) is 0.545. The third kappa shape index (κ3) is 4.12. The summed E-state index contributed by atoms with van der Waals surface area (Å²) in [5.74, 6) is -0.108. The molecule has 0 saturated heterocycles. The normalized spacial score (nSPS) is 13.8. The highest BCUT2D eigenvalue weighted by molar-refractivity contribution is 7.10. The third-order valence-electron chi connectivity index (χ3n) is 2.59. The van der Waals surface area contributed by atoms with Crippen LogP contribution >= 0.6 is 23.7 Å². The van der Waals surface area contributed by atoms with Crippen LogP contribution in [0.3, 0.4) is 0 Å². The summed E-state index contributed by atoms with van der Waals surface area (Å²) >= 11 is 1.67. The minimum absolute atomic E-state index is 0. The number of rotatable bonds is 4. The van der Waals surface area contributed by atoms with Crippen molar-refractivity contribution in [1.29, 1.82) is 0 Å². The van der Waals surface area contributed by atoms with E-state index < -0.39 is 0 Å². The Morgan fingerprint density at radius 3 is 2.62 bits per heavy atom. The van der Waals surface area contributed by atoms with Crippen molar-refractivity contribution in [1.82, 2.24) is 5.32 Å². The molecule has 16 heavy (non-hydrogen) atoms. The van der Waals surface area contributed by atoms with Gasteiger partial charge in [-0.2, -0.15) is 0 Å². The fourth-order valence-electron chi connectivity index (χ4n) is 1.15. The van der Waals surface area contributed by atoms with E-state index in [1.165, 1.54) is 10.4 Å². The molecule has 0 radical (unpaired) electrons. The van der Waals surface area contributed by atoms with Crippen molar-refractivity contribution < 1.29 is 4.79 Å². The Morgan fingerprint density at radius 1 is 1.56 bits per heavy atom. The number of hydrogen-bond donors (Lipinski definition) is 2. The van der Waals surface area contributed by atoms with Gasteiger partial charge in [0.05, 0.1) is 6.54 Å². The van der Waals surface area contributed by atoms with Gasteiger partial charge in [-0.25, -0.2) is 0 Å². The summed E-state index contributed by atoms with van der Waals surface area (Å²) in [6.45, 7) is 6.36. The van der Waals surface area contributed by atoms with E-state index in [0.717, 1.165) is 0 Å². The van der Waals surface area contributed by atoms with E-state index in [1.807, 2.05) is 26.2 Å². The van der Waals surface area contributed by atoms with Crippen molar-refractivity contribution in [3.63, 3.8) is 0 Å². The van der Waals surface area contributed by atoms with Gasteiger partial charge in [-0.3, -0.25) is 4.79 Å². The van der Waals surface area contributed by atoms with Crippen LogP contribution in [0.5, 0.6) is 0 Å². The first kappa shape index (κ1) is 15.4. The van der Waals surface area contributed by atoms with Gasteiger partial charge in [0, 0.05) is 16.8 Å². The zero-order valence-electron chi connectivity index (χ0n) is 9.82. The summed E-state index contributed by atoms with van der Waals surface area (Å²) in [7, 11) is 0. The first-order valence-electron chi connectivity index (χ1n) is 5.08. The second-order valence-electron chi connectivity index (χ2n) is 3.89. The van der Waals surface area contributed by atoms with E-state index in [0.29, 0.717) is 6.54 Å². The van der Waals surface area contributed by atoms with Gasteiger partial charge in [-0.05, 0) is 30.9 Å². The van der Waals surface area contributed by atoms with Gasteiger partial charge in [-0.15, -0.1) is 23.7 Å². The van der Waals surface area contributed by atoms with Crippen molar-refractivity contribution in [3.8, 4) is 0 Å². The van der Waals surface area contributed by atoms with Crippen LogP contribution in [0.4, 0.5) is 0 Å². The largest absolute Gasteiger partial charge is 0.351 e. The highest BCUT2D eigenvalue weighted by Gasteiger charge is 2.16. The average Bonchev–Trinajstić information content (AvgIpc) is 2.59. The van der Waals surface area contributed by atoms with Gasteiger partial charge in [-0.1, -0.05) is 6.92 Å². The molecule has 0 aliphatic heterocycles. The Labute approximate surface area is 107 Å². The maximum atomic E-state index is 11.6. The van der Waals surface area contributed by atoms with Crippen LogP contribution in [0.15, 0.2) is 11.4 Å². The molecule has 1 aromatic rings. The number of nitrogens with one attached hydrogen (secondary N) is 1. The maximum Gasteiger partial charge on any atom is 0.224 e. The second kappa shape index (κ2) is 6.89. The molecule has 3 nitrogen and oxygen atoms in total. The first-order chi connectivity index (χ1) is 7.02. The highest BCUT2D eigenvalue weighted by atomic mass is 35.5.